The van der Waals surface area contributed by atoms with Crippen molar-refractivity contribution in [2.24, 2.45) is 5.92 Å². The molecule has 3 aromatic rings. The van der Waals surface area contributed by atoms with Crippen molar-refractivity contribution in [3.63, 3.8) is 0 Å². The number of hydrogen-bond acceptors (Lipinski definition) is 5. The molecule has 7 rings (SSSR count). The van der Waals surface area contributed by atoms with Crippen molar-refractivity contribution in [3.05, 3.63) is 36.5 Å². The molecule has 1 aliphatic heterocycles. The first kappa shape index (κ1) is 17.9. The zero-order valence-corrected chi connectivity index (χ0v) is 17.2. The number of carbonyl (C=O) groups excluding carboxylic acids is 1. The number of likely N-dealkylation sites (tertiary alicyclic amines) is 1. The zero-order chi connectivity index (χ0) is 20.3. The third-order valence-electron chi connectivity index (χ3n) is 7.16. The Morgan fingerprint density at radius 3 is 2.90 bits per heavy atom. The molecule has 7 nitrogen and oxygen atoms in total. The Morgan fingerprint density at radius 1 is 1.27 bits per heavy atom. The lowest BCUT2D eigenvalue weighted by Gasteiger charge is -2.62. The summed E-state index contributed by atoms with van der Waals surface area (Å²) in [6.45, 7) is 3.17. The molecule has 0 aromatic carbocycles. The summed E-state index contributed by atoms with van der Waals surface area (Å²) in [5, 5.41) is 4.84. The molecule has 3 aromatic heterocycles. The van der Waals surface area contributed by atoms with Gasteiger partial charge in [0.25, 0.3) is 0 Å². The average molecular weight is 403 g/mol. The normalized spacial score (nSPS) is 27.4. The second-order valence-electron chi connectivity index (χ2n) is 9.31. The number of nitrogens with zero attached hydrogens (tertiary/aromatic N) is 4. The summed E-state index contributed by atoms with van der Waals surface area (Å²) in [6.07, 6.45) is 11.4. The number of hydrogen-bond donors (Lipinski definition) is 2. The highest BCUT2D eigenvalue weighted by Gasteiger charge is 2.56. The van der Waals surface area contributed by atoms with Gasteiger partial charge in [0.2, 0.25) is 5.91 Å². The van der Waals surface area contributed by atoms with Crippen molar-refractivity contribution in [2.45, 2.75) is 50.5 Å². The van der Waals surface area contributed by atoms with E-state index in [9.17, 15) is 4.79 Å². The maximum absolute atomic E-state index is 11.9. The van der Waals surface area contributed by atoms with Crippen molar-refractivity contribution >= 4 is 22.6 Å². The van der Waals surface area contributed by atoms with Gasteiger partial charge in [-0.1, -0.05) is 0 Å². The van der Waals surface area contributed by atoms with Crippen molar-refractivity contribution in [1.82, 2.24) is 24.8 Å². The molecule has 4 aliphatic rings. The summed E-state index contributed by atoms with van der Waals surface area (Å²) >= 11 is 0. The zero-order valence-electron chi connectivity index (χ0n) is 17.2. The lowest BCUT2D eigenvalue weighted by molar-refractivity contribution is -0.130. The van der Waals surface area contributed by atoms with Crippen LogP contribution in [0.4, 0.5) is 5.82 Å². The number of carbonyl (C=O) groups is 1. The first-order chi connectivity index (χ1) is 14.6. The van der Waals surface area contributed by atoms with Crippen molar-refractivity contribution in [2.75, 3.05) is 18.4 Å². The molecule has 1 atom stereocenters. The summed E-state index contributed by atoms with van der Waals surface area (Å²) in [5.41, 5.74) is 3.15. The summed E-state index contributed by atoms with van der Waals surface area (Å²) in [6, 6.07) is 4.14. The lowest BCUT2D eigenvalue weighted by atomic mass is 9.50. The Kier molecular flexibility index (Phi) is 3.88. The van der Waals surface area contributed by atoms with E-state index in [0.717, 1.165) is 59.1 Å². The number of piperidine rings is 1. The average Bonchev–Trinajstić information content (AvgIpc) is 3.18. The predicted octanol–water partition coefficient (Wildman–Crippen LogP) is 3.71. The van der Waals surface area contributed by atoms with Crippen LogP contribution in [-0.2, 0) is 4.79 Å². The van der Waals surface area contributed by atoms with Crippen LogP contribution in [0.25, 0.3) is 22.2 Å². The van der Waals surface area contributed by atoms with Crippen LogP contribution in [0.3, 0.4) is 0 Å². The molecule has 2 bridgehead atoms. The monoisotopic (exact) mass is 402 g/mol. The summed E-state index contributed by atoms with van der Waals surface area (Å²) in [5.74, 6) is 2.93. The topological polar surface area (TPSA) is 86.8 Å². The molecule has 30 heavy (non-hydrogen) atoms. The molecule has 4 heterocycles. The SMILES string of the molecule is CC(=O)N1CCCC(c2nc(NC34CC(C3)C4)cc(-c3cncc4[nH]ccc34)n2)C1. The predicted molar refractivity (Wildman–Crippen MR) is 115 cm³/mol. The van der Waals surface area contributed by atoms with E-state index in [1.807, 2.05) is 23.5 Å². The lowest BCUT2D eigenvalue weighted by Crippen LogP contribution is -2.63. The fourth-order valence-electron chi connectivity index (χ4n) is 5.41. The molecular formula is C23H26N6O. The number of anilines is 1. The fraction of sp³-hybridized carbons (Fsp3) is 0.478. The highest BCUT2D eigenvalue weighted by Crippen LogP contribution is 2.58. The quantitative estimate of drug-likeness (QED) is 0.695. The first-order valence-corrected chi connectivity index (χ1v) is 10.9. The Bertz CT molecular complexity index is 1120. The number of nitrogens with one attached hydrogen (secondary N) is 2. The standard InChI is InChI=1S/C23H26N6O/c1-14(30)29-6-2-3-16(13-29)22-26-19(18-11-24-12-20-17(18)4-5-25-20)7-21(27-22)28-23-8-15(9-23)10-23/h4-5,7,11-12,15-16,25H,2-3,6,8-10,13H2,1H3,(H,26,27,28). The third-order valence-corrected chi connectivity index (χ3v) is 7.16. The van der Waals surface area contributed by atoms with Gasteiger partial charge in [0.15, 0.2) is 0 Å². The molecule has 2 N–H and O–H groups in total. The van der Waals surface area contributed by atoms with Gasteiger partial charge in [-0.3, -0.25) is 9.78 Å². The van der Waals surface area contributed by atoms with Gasteiger partial charge >= 0.3 is 0 Å². The summed E-state index contributed by atoms with van der Waals surface area (Å²) < 4.78 is 0. The van der Waals surface area contributed by atoms with Crippen LogP contribution in [0.1, 0.15) is 50.8 Å². The Hall–Kier alpha value is -2.96. The van der Waals surface area contributed by atoms with Crippen molar-refractivity contribution in [1.29, 1.82) is 0 Å². The number of rotatable bonds is 4. The van der Waals surface area contributed by atoms with Gasteiger partial charge in [-0.05, 0) is 44.1 Å². The fourth-order valence-corrected chi connectivity index (χ4v) is 5.41. The molecule has 3 saturated carbocycles. The molecule has 1 amide bonds. The van der Waals surface area contributed by atoms with Crippen LogP contribution in [0.5, 0.6) is 0 Å². The van der Waals surface area contributed by atoms with Gasteiger partial charge in [-0.25, -0.2) is 9.97 Å². The van der Waals surface area contributed by atoms with E-state index in [0.29, 0.717) is 6.54 Å². The number of amides is 1. The maximum atomic E-state index is 11.9. The van der Waals surface area contributed by atoms with E-state index >= 15 is 0 Å². The number of pyridine rings is 1. The van der Waals surface area contributed by atoms with Crippen LogP contribution in [0, 0.1) is 5.92 Å². The molecular weight excluding hydrogens is 376 g/mol. The Morgan fingerprint density at radius 2 is 2.13 bits per heavy atom. The largest absolute Gasteiger partial charge is 0.364 e. The van der Waals surface area contributed by atoms with E-state index < -0.39 is 0 Å². The van der Waals surface area contributed by atoms with E-state index in [2.05, 4.69) is 27.4 Å². The minimum atomic E-state index is 0.129. The van der Waals surface area contributed by atoms with Gasteiger partial charge in [0.05, 0.1) is 17.4 Å². The van der Waals surface area contributed by atoms with Crippen LogP contribution in [-0.4, -0.2) is 49.4 Å². The highest BCUT2D eigenvalue weighted by molar-refractivity contribution is 5.93. The molecule has 1 saturated heterocycles. The van der Waals surface area contributed by atoms with Gasteiger partial charge < -0.3 is 15.2 Å². The minimum Gasteiger partial charge on any atom is -0.364 e. The summed E-state index contributed by atoms with van der Waals surface area (Å²) in [4.78, 5) is 31.5. The van der Waals surface area contributed by atoms with Gasteiger partial charge in [-0.15, -0.1) is 0 Å². The number of fused-ring (bicyclic) bond motifs is 1. The van der Waals surface area contributed by atoms with Crippen LogP contribution in [0.2, 0.25) is 0 Å². The smallest absolute Gasteiger partial charge is 0.219 e. The number of H-pyrrole nitrogens is 1. The Balaban J connectivity index is 1.41. The molecule has 0 spiro atoms. The maximum Gasteiger partial charge on any atom is 0.219 e. The molecule has 1 unspecified atom stereocenters. The second kappa shape index (κ2) is 6.52. The van der Waals surface area contributed by atoms with Crippen molar-refractivity contribution in [3.8, 4) is 11.3 Å². The van der Waals surface area contributed by atoms with Crippen LogP contribution in [0.15, 0.2) is 30.7 Å². The Labute approximate surface area is 175 Å². The molecule has 154 valence electrons. The second-order valence-corrected chi connectivity index (χ2v) is 9.31. The van der Waals surface area contributed by atoms with E-state index in [1.54, 1.807) is 6.92 Å². The van der Waals surface area contributed by atoms with E-state index in [1.165, 1.54) is 19.3 Å². The minimum absolute atomic E-state index is 0.129. The first-order valence-electron chi connectivity index (χ1n) is 10.9. The molecule has 4 fully saturated rings. The number of aromatic amines is 1. The van der Waals surface area contributed by atoms with Crippen molar-refractivity contribution < 1.29 is 4.79 Å². The highest BCUT2D eigenvalue weighted by atomic mass is 16.2. The number of aromatic nitrogens is 4. The van der Waals surface area contributed by atoms with Gasteiger partial charge in [-0.2, -0.15) is 0 Å². The molecule has 7 heteroatoms. The molecule has 3 aliphatic carbocycles. The molecule has 0 radical (unpaired) electrons. The van der Waals surface area contributed by atoms with Gasteiger partial charge in [0, 0.05) is 60.9 Å². The van der Waals surface area contributed by atoms with E-state index in [-0.39, 0.29) is 17.4 Å². The van der Waals surface area contributed by atoms with Gasteiger partial charge in [0.1, 0.15) is 11.6 Å². The van der Waals surface area contributed by atoms with Crippen LogP contribution < -0.4 is 5.32 Å². The summed E-state index contributed by atoms with van der Waals surface area (Å²) in [7, 11) is 0. The third kappa shape index (κ3) is 2.87. The van der Waals surface area contributed by atoms with Crippen LogP contribution >= 0.6 is 0 Å². The van der Waals surface area contributed by atoms with E-state index in [4.69, 9.17) is 9.97 Å².